The number of aromatic nitrogens is 1. The van der Waals surface area contributed by atoms with E-state index < -0.39 is 6.10 Å². The van der Waals surface area contributed by atoms with Crippen molar-refractivity contribution in [3.63, 3.8) is 0 Å². The Balaban J connectivity index is 2.00. The number of aliphatic hydroxyl groups excluding tert-OH is 1. The van der Waals surface area contributed by atoms with Gasteiger partial charge in [-0.25, -0.2) is 0 Å². The maximum Gasteiger partial charge on any atom is 0.0901 e. The Kier molecular flexibility index (Phi) is 3.58. The number of rotatable bonds is 3. The quantitative estimate of drug-likeness (QED) is 0.914. The molecule has 0 aliphatic heterocycles. The van der Waals surface area contributed by atoms with Gasteiger partial charge in [-0.2, -0.15) is 0 Å². The van der Waals surface area contributed by atoms with Crippen LogP contribution in [-0.2, 0) is 5.41 Å². The van der Waals surface area contributed by atoms with Crippen LogP contribution in [0.4, 0.5) is 0 Å². The van der Waals surface area contributed by atoms with E-state index in [1.807, 2.05) is 31.3 Å². The third-order valence-electron chi connectivity index (χ3n) is 4.62. The maximum absolute atomic E-state index is 11.0. The number of pyridine rings is 1. The van der Waals surface area contributed by atoms with Gasteiger partial charge in [0.2, 0.25) is 0 Å². The van der Waals surface area contributed by atoms with E-state index in [1.165, 1.54) is 18.4 Å². The number of benzene rings is 1. The average Bonchev–Trinajstić information content (AvgIpc) is 2.99. The zero-order valence-electron chi connectivity index (χ0n) is 11.9. The first-order valence-corrected chi connectivity index (χ1v) is 7.38. The lowest BCUT2D eigenvalue weighted by molar-refractivity contribution is 0.0819. The summed E-state index contributed by atoms with van der Waals surface area (Å²) in [6.07, 6.45) is 5.82. The standard InChI is InChI=1S/C18H21NO/c1-14-9-10-15(13-19-14)17(20)18(11-5-6-12-18)16-7-3-2-4-8-16/h2-4,7-10,13,17,20H,5-6,11-12H2,1H3. The van der Waals surface area contributed by atoms with Gasteiger partial charge in [-0.05, 0) is 37.0 Å². The van der Waals surface area contributed by atoms with Gasteiger partial charge >= 0.3 is 0 Å². The first-order valence-electron chi connectivity index (χ1n) is 7.38. The first kappa shape index (κ1) is 13.3. The fourth-order valence-corrected chi connectivity index (χ4v) is 3.46. The van der Waals surface area contributed by atoms with Gasteiger partial charge in [-0.1, -0.05) is 49.2 Å². The number of hydrogen-bond acceptors (Lipinski definition) is 2. The highest BCUT2D eigenvalue weighted by Gasteiger charge is 2.42. The van der Waals surface area contributed by atoms with Crippen LogP contribution in [0.5, 0.6) is 0 Å². The van der Waals surface area contributed by atoms with Gasteiger partial charge in [0.05, 0.1) is 6.10 Å². The lowest BCUT2D eigenvalue weighted by atomic mass is 9.72. The van der Waals surface area contributed by atoms with E-state index in [0.29, 0.717) is 0 Å². The fraction of sp³-hybridized carbons (Fsp3) is 0.389. The topological polar surface area (TPSA) is 33.1 Å². The predicted molar refractivity (Wildman–Crippen MR) is 80.5 cm³/mol. The summed E-state index contributed by atoms with van der Waals surface area (Å²) in [5.74, 6) is 0. The molecule has 0 radical (unpaired) electrons. The van der Waals surface area contributed by atoms with E-state index in [4.69, 9.17) is 0 Å². The second-order valence-corrected chi connectivity index (χ2v) is 5.86. The van der Waals surface area contributed by atoms with Crippen LogP contribution in [0, 0.1) is 6.92 Å². The minimum Gasteiger partial charge on any atom is -0.387 e. The van der Waals surface area contributed by atoms with Crippen LogP contribution in [-0.4, -0.2) is 10.1 Å². The minimum absolute atomic E-state index is 0.141. The zero-order chi connectivity index (χ0) is 14.0. The van der Waals surface area contributed by atoms with E-state index in [0.717, 1.165) is 24.1 Å². The third kappa shape index (κ3) is 2.25. The molecule has 1 aliphatic carbocycles. The number of aryl methyl sites for hydroxylation is 1. The molecule has 1 saturated carbocycles. The summed E-state index contributed by atoms with van der Waals surface area (Å²) in [7, 11) is 0. The molecule has 1 atom stereocenters. The Hall–Kier alpha value is -1.67. The molecule has 20 heavy (non-hydrogen) atoms. The summed E-state index contributed by atoms with van der Waals surface area (Å²) in [4.78, 5) is 4.34. The van der Waals surface area contributed by atoms with Crippen LogP contribution in [0.1, 0.15) is 48.6 Å². The van der Waals surface area contributed by atoms with Crippen LogP contribution >= 0.6 is 0 Å². The smallest absolute Gasteiger partial charge is 0.0901 e. The van der Waals surface area contributed by atoms with Crippen molar-refractivity contribution in [2.24, 2.45) is 0 Å². The molecule has 3 rings (SSSR count). The van der Waals surface area contributed by atoms with E-state index >= 15 is 0 Å². The molecule has 1 heterocycles. The lowest BCUT2D eigenvalue weighted by Crippen LogP contribution is -2.30. The molecule has 1 aromatic heterocycles. The van der Waals surface area contributed by atoms with Gasteiger partial charge in [0.15, 0.2) is 0 Å². The van der Waals surface area contributed by atoms with E-state index in [2.05, 4.69) is 29.2 Å². The van der Waals surface area contributed by atoms with Gasteiger partial charge < -0.3 is 5.11 Å². The zero-order valence-corrected chi connectivity index (χ0v) is 11.9. The highest BCUT2D eigenvalue weighted by Crippen LogP contribution is 2.49. The Morgan fingerprint density at radius 3 is 2.35 bits per heavy atom. The number of hydrogen-bond donors (Lipinski definition) is 1. The molecule has 1 aliphatic rings. The second-order valence-electron chi connectivity index (χ2n) is 5.86. The number of nitrogens with zero attached hydrogens (tertiary/aromatic N) is 1. The number of aliphatic hydroxyl groups is 1. The van der Waals surface area contributed by atoms with E-state index in [1.54, 1.807) is 0 Å². The van der Waals surface area contributed by atoms with Crippen molar-refractivity contribution in [2.45, 2.75) is 44.1 Å². The fourth-order valence-electron chi connectivity index (χ4n) is 3.46. The van der Waals surface area contributed by atoms with Crippen LogP contribution < -0.4 is 0 Å². The summed E-state index contributed by atoms with van der Waals surface area (Å²) < 4.78 is 0. The van der Waals surface area contributed by atoms with Crippen LogP contribution in [0.3, 0.4) is 0 Å². The summed E-state index contributed by atoms with van der Waals surface area (Å²) in [5, 5.41) is 11.0. The molecular formula is C18H21NO. The summed E-state index contributed by atoms with van der Waals surface area (Å²) in [6, 6.07) is 14.4. The Bertz CT molecular complexity index is 556. The predicted octanol–water partition coefficient (Wildman–Crippen LogP) is 3.94. The van der Waals surface area contributed by atoms with Crippen molar-refractivity contribution in [1.82, 2.24) is 4.98 Å². The molecule has 1 fully saturated rings. The van der Waals surface area contributed by atoms with Crippen LogP contribution in [0.2, 0.25) is 0 Å². The monoisotopic (exact) mass is 267 g/mol. The second kappa shape index (κ2) is 5.37. The normalized spacial score (nSPS) is 18.9. The molecule has 2 nitrogen and oxygen atoms in total. The molecule has 1 N–H and O–H groups in total. The molecule has 1 aromatic carbocycles. The summed E-state index contributed by atoms with van der Waals surface area (Å²) in [6.45, 7) is 1.97. The van der Waals surface area contributed by atoms with E-state index in [9.17, 15) is 5.11 Å². The summed E-state index contributed by atoms with van der Waals surface area (Å²) >= 11 is 0. The molecule has 2 heteroatoms. The summed E-state index contributed by atoms with van der Waals surface area (Å²) in [5.41, 5.74) is 3.03. The van der Waals surface area contributed by atoms with Gasteiger partial charge in [0.25, 0.3) is 0 Å². The SMILES string of the molecule is Cc1ccc(C(O)C2(c3ccccc3)CCCC2)cn1. The largest absolute Gasteiger partial charge is 0.387 e. The van der Waals surface area contributed by atoms with Gasteiger partial charge in [0, 0.05) is 17.3 Å². The highest BCUT2D eigenvalue weighted by atomic mass is 16.3. The Morgan fingerprint density at radius 2 is 1.75 bits per heavy atom. The van der Waals surface area contributed by atoms with Crippen molar-refractivity contribution in [1.29, 1.82) is 0 Å². The van der Waals surface area contributed by atoms with E-state index in [-0.39, 0.29) is 5.41 Å². The third-order valence-corrected chi connectivity index (χ3v) is 4.62. The van der Waals surface area contributed by atoms with Crippen molar-refractivity contribution in [3.05, 3.63) is 65.5 Å². The molecule has 2 aromatic rings. The van der Waals surface area contributed by atoms with Gasteiger partial charge in [-0.3, -0.25) is 4.98 Å². The molecule has 0 spiro atoms. The molecular weight excluding hydrogens is 246 g/mol. The maximum atomic E-state index is 11.0. The minimum atomic E-state index is -0.472. The average molecular weight is 267 g/mol. The molecule has 104 valence electrons. The van der Waals surface area contributed by atoms with Gasteiger partial charge in [0.1, 0.15) is 0 Å². The molecule has 0 saturated heterocycles. The van der Waals surface area contributed by atoms with Gasteiger partial charge in [-0.15, -0.1) is 0 Å². The van der Waals surface area contributed by atoms with Crippen molar-refractivity contribution < 1.29 is 5.11 Å². The Labute approximate surface area is 120 Å². The molecule has 1 unspecified atom stereocenters. The molecule has 0 amide bonds. The van der Waals surface area contributed by atoms with Crippen LogP contribution in [0.25, 0.3) is 0 Å². The highest BCUT2D eigenvalue weighted by molar-refractivity contribution is 5.32. The molecule has 0 bridgehead atoms. The van der Waals surface area contributed by atoms with Crippen molar-refractivity contribution >= 4 is 0 Å². The Morgan fingerprint density at radius 1 is 1.05 bits per heavy atom. The van der Waals surface area contributed by atoms with Crippen LogP contribution in [0.15, 0.2) is 48.7 Å². The van der Waals surface area contributed by atoms with Crippen molar-refractivity contribution in [2.75, 3.05) is 0 Å². The first-order chi connectivity index (χ1) is 9.72. The van der Waals surface area contributed by atoms with Crippen molar-refractivity contribution in [3.8, 4) is 0 Å². The lowest BCUT2D eigenvalue weighted by Gasteiger charge is -2.35.